The Morgan fingerprint density at radius 2 is 1.97 bits per heavy atom. The van der Waals surface area contributed by atoms with E-state index in [2.05, 4.69) is 20.9 Å². The Morgan fingerprint density at radius 1 is 1.17 bits per heavy atom. The van der Waals surface area contributed by atoms with E-state index >= 15 is 0 Å². The van der Waals surface area contributed by atoms with Crippen LogP contribution in [0.25, 0.3) is 11.3 Å². The number of rotatable bonds is 5. The first-order valence-electron chi connectivity index (χ1n) is 11.2. The van der Waals surface area contributed by atoms with Crippen molar-refractivity contribution in [2.75, 3.05) is 32.6 Å². The number of hydrogen-bond donors (Lipinski definition) is 3. The largest absolute Gasteiger partial charge is 0.497 e. The summed E-state index contributed by atoms with van der Waals surface area (Å²) in [6.45, 7) is 1.83. The number of fused-ring (bicyclic) bond motifs is 3. The van der Waals surface area contributed by atoms with Gasteiger partial charge in [-0.05, 0) is 55.9 Å². The predicted molar refractivity (Wildman–Crippen MR) is 135 cm³/mol. The van der Waals surface area contributed by atoms with Gasteiger partial charge in [0.25, 0.3) is 11.8 Å². The number of hydrogen-bond acceptors (Lipinski definition) is 7. The van der Waals surface area contributed by atoms with Crippen LogP contribution in [0.1, 0.15) is 40.1 Å². The topological polar surface area (TPSA) is 108 Å². The molecule has 3 heterocycles. The molecule has 9 nitrogen and oxygen atoms in total. The normalized spacial score (nSPS) is 16.3. The number of carbonyl (C=O) groups is 2. The zero-order valence-electron chi connectivity index (χ0n) is 19.1. The number of carbonyl (C=O) groups excluding carboxylic acids is 2. The van der Waals surface area contributed by atoms with Gasteiger partial charge in [0.05, 0.1) is 18.4 Å². The molecule has 3 aromatic rings. The smallest absolute Gasteiger partial charge is 0.253 e. The number of amides is 2. The molecule has 2 aliphatic rings. The van der Waals surface area contributed by atoms with Gasteiger partial charge in [-0.1, -0.05) is 7.43 Å². The minimum absolute atomic E-state index is 0. The molecule has 0 spiro atoms. The zero-order chi connectivity index (χ0) is 23.7. The Kier molecular flexibility index (Phi) is 6.97. The SMILES string of the molecule is C.CNC1CCN(C(=O)c2ccc(Nc3ncc4c(n3)-c3ccc(OC)cc3C(=O)NC4)cc2)C1. The van der Waals surface area contributed by atoms with Crippen LogP contribution in [0.5, 0.6) is 5.75 Å². The Labute approximate surface area is 204 Å². The number of methoxy groups -OCH3 is 1. The predicted octanol–water partition coefficient (Wildman–Crippen LogP) is 3.21. The molecule has 5 rings (SSSR count). The fraction of sp³-hybridized carbons (Fsp3) is 0.308. The lowest BCUT2D eigenvalue weighted by atomic mass is 10.0. The van der Waals surface area contributed by atoms with E-state index in [1.807, 2.05) is 48.3 Å². The third kappa shape index (κ3) is 4.81. The van der Waals surface area contributed by atoms with Crippen LogP contribution in [0.4, 0.5) is 11.6 Å². The summed E-state index contributed by atoms with van der Waals surface area (Å²) < 4.78 is 5.27. The molecule has 1 unspecified atom stereocenters. The van der Waals surface area contributed by atoms with Crippen molar-refractivity contribution >= 4 is 23.5 Å². The van der Waals surface area contributed by atoms with Crippen molar-refractivity contribution in [2.45, 2.75) is 26.4 Å². The van der Waals surface area contributed by atoms with Gasteiger partial charge < -0.3 is 25.6 Å². The van der Waals surface area contributed by atoms with E-state index in [9.17, 15) is 9.59 Å². The van der Waals surface area contributed by atoms with Crippen molar-refractivity contribution in [3.63, 3.8) is 0 Å². The van der Waals surface area contributed by atoms with Gasteiger partial charge in [-0.15, -0.1) is 0 Å². The Morgan fingerprint density at radius 3 is 2.69 bits per heavy atom. The summed E-state index contributed by atoms with van der Waals surface area (Å²) in [5.41, 5.74) is 4.17. The summed E-state index contributed by atoms with van der Waals surface area (Å²) in [5, 5.41) is 9.32. The summed E-state index contributed by atoms with van der Waals surface area (Å²) in [6, 6.07) is 13.0. The average molecular weight is 475 g/mol. The quantitative estimate of drug-likeness (QED) is 0.521. The van der Waals surface area contributed by atoms with Crippen molar-refractivity contribution in [3.8, 4) is 17.0 Å². The Balaban J connectivity index is 0.00000289. The molecular formula is C26H30N6O3. The molecule has 1 atom stereocenters. The minimum Gasteiger partial charge on any atom is -0.497 e. The van der Waals surface area contributed by atoms with E-state index in [4.69, 9.17) is 9.72 Å². The summed E-state index contributed by atoms with van der Waals surface area (Å²) in [6.07, 6.45) is 2.68. The molecule has 35 heavy (non-hydrogen) atoms. The van der Waals surface area contributed by atoms with Crippen LogP contribution in [0.15, 0.2) is 48.7 Å². The number of nitrogens with one attached hydrogen (secondary N) is 3. The van der Waals surface area contributed by atoms with Crippen LogP contribution in [0.3, 0.4) is 0 Å². The highest BCUT2D eigenvalue weighted by molar-refractivity contribution is 6.02. The number of anilines is 2. The molecule has 0 bridgehead atoms. The van der Waals surface area contributed by atoms with Crippen molar-refractivity contribution in [1.82, 2.24) is 25.5 Å². The molecule has 1 aromatic heterocycles. The van der Waals surface area contributed by atoms with Gasteiger partial charge in [0.15, 0.2) is 0 Å². The van der Waals surface area contributed by atoms with Gasteiger partial charge in [-0.3, -0.25) is 9.59 Å². The maximum atomic E-state index is 12.8. The number of ether oxygens (including phenoxy) is 1. The van der Waals surface area contributed by atoms with Gasteiger partial charge in [0.2, 0.25) is 5.95 Å². The number of likely N-dealkylation sites (N-methyl/N-ethyl adjacent to an activating group) is 1. The Hall–Kier alpha value is -3.98. The zero-order valence-corrected chi connectivity index (χ0v) is 19.1. The van der Waals surface area contributed by atoms with Crippen LogP contribution in [0.2, 0.25) is 0 Å². The molecule has 1 saturated heterocycles. The molecule has 0 saturated carbocycles. The first kappa shape index (κ1) is 24.2. The van der Waals surface area contributed by atoms with Crippen molar-refractivity contribution in [2.24, 2.45) is 0 Å². The molecule has 0 aliphatic carbocycles. The molecule has 2 amide bonds. The highest BCUT2D eigenvalue weighted by atomic mass is 16.5. The molecule has 2 aromatic carbocycles. The number of likely N-dealkylation sites (tertiary alicyclic amines) is 1. The summed E-state index contributed by atoms with van der Waals surface area (Å²) in [5.74, 6) is 0.871. The summed E-state index contributed by atoms with van der Waals surface area (Å²) in [4.78, 5) is 36.3. The van der Waals surface area contributed by atoms with E-state index < -0.39 is 0 Å². The van der Waals surface area contributed by atoms with Crippen LogP contribution >= 0.6 is 0 Å². The Bertz CT molecular complexity index is 1240. The second-order valence-corrected chi connectivity index (χ2v) is 8.39. The third-order valence-electron chi connectivity index (χ3n) is 6.30. The van der Waals surface area contributed by atoms with Gasteiger partial charge in [0, 0.05) is 54.3 Å². The van der Waals surface area contributed by atoms with Crippen molar-refractivity contribution in [1.29, 1.82) is 0 Å². The molecule has 182 valence electrons. The van der Waals surface area contributed by atoms with E-state index in [0.717, 1.165) is 36.3 Å². The molecule has 0 radical (unpaired) electrons. The molecule has 3 N–H and O–H groups in total. The molecule has 2 aliphatic heterocycles. The van der Waals surface area contributed by atoms with E-state index in [0.29, 0.717) is 41.1 Å². The first-order chi connectivity index (χ1) is 16.6. The average Bonchev–Trinajstić information content (AvgIpc) is 3.32. The van der Waals surface area contributed by atoms with Gasteiger partial charge in [-0.25, -0.2) is 9.97 Å². The van der Waals surface area contributed by atoms with Gasteiger partial charge >= 0.3 is 0 Å². The van der Waals surface area contributed by atoms with Gasteiger partial charge in [0.1, 0.15) is 5.75 Å². The first-order valence-corrected chi connectivity index (χ1v) is 11.2. The fourth-order valence-electron chi connectivity index (χ4n) is 4.33. The number of aromatic nitrogens is 2. The highest BCUT2D eigenvalue weighted by Gasteiger charge is 2.26. The van der Waals surface area contributed by atoms with E-state index in [1.54, 1.807) is 19.4 Å². The lowest BCUT2D eigenvalue weighted by molar-refractivity contribution is 0.0789. The van der Waals surface area contributed by atoms with Crippen LogP contribution in [0, 0.1) is 0 Å². The van der Waals surface area contributed by atoms with Crippen LogP contribution in [-0.4, -0.2) is 60.0 Å². The second kappa shape index (κ2) is 10.1. The lowest BCUT2D eigenvalue weighted by Gasteiger charge is -2.16. The second-order valence-electron chi connectivity index (χ2n) is 8.39. The van der Waals surface area contributed by atoms with E-state index in [1.165, 1.54) is 0 Å². The maximum Gasteiger partial charge on any atom is 0.253 e. The maximum absolute atomic E-state index is 12.8. The van der Waals surface area contributed by atoms with E-state index in [-0.39, 0.29) is 19.2 Å². The van der Waals surface area contributed by atoms with Crippen LogP contribution in [-0.2, 0) is 6.54 Å². The molecule has 1 fully saturated rings. The molecule has 9 heteroatoms. The number of nitrogens with zero attached hydrogens (tertiary/aromatic N) is 3. The number of benzene rings is 2. The van der Waals surface area contributed by atoms with Gasteiger partial charge in [-0.2, -0.15) is 0 Å². The fourth-order valence-corrected chi connectivity index (χ4v) is 4.33. The summed E-state index contributed by atoms with van der Waals surface area (Å²) >= 11 is 0. The monoisotopic (exact) mass is 474 g/mol. The third-order valence-corrected chi connectivity index (χ3v) is 6.30. The molecular weight excluding hydrogens is 444 g/mol. The summed E-state index contributed by atoms with van der Waals surface area (Å²) in [7, 11) is 3.49. The standard InChI is InChI=1S/C25H26N6O3.CH4/c1-26-18-9-10-31(14-18)24(33)15-3-5-17(6-4-15)29-25-28-13-16-12-27-23(32)21-11-19(34-2)7-8-20(21)22(16)30-25;/h3-8,11,13,18,26H,9-10,12,14H2,1-2H3,(H,27,32)(H,28,29,30);1H4. The van der Waals surface area contributed by atoms with Crippen molar-refractivity contribution < 1.29 is 14.3 Å². The lowest BCUT2D eigenvalue weighted by Crippen LogP contribution is -2.33. The minimum atomic E-state index is -0.180. The van der Waals surface area contributed by atoms with Crippen molar-refractivity contribution in [3.05, 3.63) is 65.4 Å². The highest BCUT2D eigenvalue weighted by Crippen LogP contribution is 2.31. The van der Waals surface area contributed by atoms with Crippen LogP contribution < -0.4 is 20.7 Å².